The number of carbonyl (C=O) groups excluding carboxylic acids is 1. The summed E-state index contributed by atoms with van der Waals surface area (Å²) >= 11 is 0. The molecule has 0 bridgehead atoms. The predicted octanol–water partition coefficient (Wildman–Crippen LogP) is 2.87. The lowest BCUT2D eigenvalue weighted by molar-refractivity contribution is -0.143. The minimum Gasteiger partial charge on any atom is -0.466 e. The summed E-state index contributed by atoms with van der Waals surface area (Å²) < 4.78 is 4.91. The molecule has 1 N–H and O–H groups in total. The van der Waals surface area contributed by atoms with Crippen molar-refractivity contribution in [1.82, 2.24) is 5.32 Å². The average molecular weight is 275 g/mol. The minimum absolute atomic E-state index is 0.0632. The number of rotatable bonds is 8. The Morgan fingerprint density at radius 1 is 1.20 bits per heavy atom. The zero-order valence-electron chi connectivity index (χ0n) is 12.4. The van der Waals surface area contributed by atoms with Crippen LogP contribution in [0.5, 0.6) is 0 Å². The second kappa shape index (κ2) is 8.05. The second-order valence-corrected chi connectivity index (χ2v) is 5.44. The zero-order chi connectivity index (χ0) is 14.2. The molecule has 0 saturated heterocycles. The van der Waals surface area contributed by atoms with Gasteiger partial charge in [0.1, 0.15) is 0 Å². The molecule has 20 heavy (non-hydrogen) atoms. The molecular weight excluding hydrogens is 250 g/mol. The van der Waals surface area contributed by atoms with Crippen LogP contribution in [0.3, 0.4) is 0 Å². The summed E-state index contributed by atoms with van der Waals surface area (Å²) in [6.45, 7) is 3.38. The van der Waals surface area contributed by atoms with E-state index in [0.717, 1.165) is 38.6 Å². The van der Waals surface area contributed by atoms with E-state index in [0.29, 0.717) is 19.1 Å². The van der Waals surface area contributed by atoms with Crippen LogP contribution in [-0.4, -0.2) is 25.2 Å². The fourth-order valence-corrected chi connectivity index (χ4v) is 2.81. The van der Waals surface area contributed by atoms with Gasteiger partial charge < -0.3 is 10.1 Å². The molecule has 0 spiro atoms. The molecule has 3 nitrogen and oxygen atoms in total. The first-order chi connectivity index (χ1) is 9.79. The van der Waals surface area contributed by atoms with E-state index in [1.165, 1.54) is 11.1 Å². The summed E-state index contributed by atoms with van der Waals surface area (Å²) in [5.41, 5.74) is 2.99. The van der Waals surface area contributed by atoms with E-state index < -0.39 is 0 Å². The highest BCUT2D eigenvalue weighted by molar-refractivity contribution is 5.69. The van der Waals surface area contributed by atoms with Crippen LogP contribution in [0.2, 0.25) is 0 Å². The van der Waals surface area contributed by atoms with E-state index in [-0.39, 0.29) is 5.97 Å². The summed E-state index contributed by atoms with van der Waals surface area (Å²) in [7, 11) is 0. The Morgan fingerprint density at radius 3 is 2.55 bits per heavy atom. The quantitative estimate of drug-likeness (QED) is 0.585. The summed E-state index contributed by atoms with van der Waals surface area (Å²) in [6.07, 6.45) is 6.02. The van der Waals surface area contributed by atoms with Gasteiger partial charge in [0.25, 0.3) is 0 Å². The van der Waals surface area contributed by atoms with Crippen LogP contribution in [0.15, 0.2) is 24.3 Å². The Kier molecular flexibility index (Phi) is 6.06. The SMILES string of the molecule is CCOC(=O)CCCCCNC1Cc2ccccc2C1. The molecule has 2 rings (SSSR count). The van der Waals surface area contributed by atoms with Crippen molar-refractivity contribution in [3.05, 3.63) is 35.4 Å². The molecule has 0 radical (unpaired) electrons. The molecule has 0 aromatic heterocycles. The lowest BCUT2D eigenvalue weighted by Gasteiger charge is -2.11. The fraction of sp³-hybridized carbons (Fsp3) is 0.588. The first-order valence-electron chi connectivity index (χ1n) is 7.75. The smallest absolute Gasteiger partial charge is 0.305 e. The molecule has 0 atom stereocenters. The molecule has 3 heteroatoms. The number of hydrogen-bond acceptors (Lipinski definition) is 3. The van der Waals surface area contributed by atoms with Crippen LogP contribution in [0.4, 0.5) is 0 Å². The summed E-state index contributed by atoms with van der Waals surface area (Å²) in [4.78, 5) is 11.2. The lowest BCUT2D eigenvalue weighted by atomic mass is 10.1. The van der Waals surface area contributed by atoms with Crippen molar-refractivity contribution in [1.29, 1.82) is 0 Å². The van der Waals surface area contributed by atoms with Gasteiger partial charge in [0.05, 0.1) is 6.61 Å². The third-order valence-corrected chi connectivity index (χ3v) is 3.85. The van der Waals surface area contributed by atoms with Gasteiger partial charge in [-0.25, -0.2) is 0 Å². The Balaban J connectivity index is 1.52. The molecule has 1 aromatic carbocycles. The maximum Gasteiger partial charge on any atom is 0.305 e. The van der Waals surface area contributed by atoms with Gasteiger partial charge in [-0.3, -0.25) is 4.79 Å². The third-order valence-electron chi connectivity index (χ3n) is 3.85. The Bertz CT molecular complexity index is 406. The maximum absolute atomic E-state index is 11.2. The number of fused-ring (bicyclic) bond motifs is 1. The summed E-state index contributed by atoms with van der Waals surface area (Å²) in [5.74, 6) is -0.0632. The Morgan fingerprint density at radius 2 is 1.90 bits per heavy atom. The van der Waals surface area contributed by atoms with Gasteiger partial charge in [0, 0.05) is 12.5 Å². The Hall–Kier alpha value is -1.35. The van der Waals surface area contributed by atoms with Gasteiger partial charge in [-0.15, -0.1) is 0 Å². The van der Waals surface area contributed by atoms with E-state index in [9.17, 15) is 4.79 Å². The lowest BCUT2D eigenvalue weighted by Crippen LogP contribution is -2.30. The molecule has 110 valence electrons. The molecule has 0 heterocycles. The van der Waals surface area contributed by atoms with E-state index >= 15 is 0 Å². The van der Waals surface area contributed by atoms with Gasteiger partial charge in [-0.1, -0.05) is 30.7 Å². The van der Waals surface area contributed by atoms with Crippen molar-refractivity contribution in [2.45, 2.75) is 51.5 Å². The van der Waals surface area contributed by atoms with Crippen LogP contribution in [0.25, 0.3) is 0 Å². The van der Waals surface area contributed by atoms with Crippen molar-refractivity contribution >= 4 is 5.97 Å². The monoisotopic (exact) mass is 275 g/mol. The summed E-state index contributed by atoms with van der Waals surface area (Å²) in [5, 5.41) is 3.63. The standard InChI is InChI=1S/C17H25NO2/c1-2-20-17(19)10-4-3-7-11-18-16-12-14-8-5-6-9-15(14)13-16/h5-6,8-9,16,18H,2-4,7,10-13H2,1H3. The normalized spacial score (nSPS) is 14.2. The molecule has 0 saturated carbocycles. The van der Waals surface area contributed by atoms with Crippen molar-refractivity contribution in [2.75, 3.05) is 13.2 Å². The van der Waals surface area contributed by atoms with Crippen LogP contribution < -0.4 is 5.32 Å². The number of nitrogens with one attached hydrogen (secondary N) is 1. The largest absolute Gasteiger partial charge is 0.466 e. The van der Waals surface area contributed by atoms with E-state index in [1.54, 1.807) is 0 Å². The second-order valence-electron chi connectivity index (χ2n) is 5.44. The third kappa shape index (κ3) is 4.64. The van der Waals surface area contributed by atoms with Gasteiger partial charge in [0.15, 0.2) is 0 Å². The van der Waals surface area contributed by atoms with E-state index in [2.05, 4.69) is 29.6 Å². The number of ether oxygens (including phenoxy) is 1. The van der Waals surface area contributed by atoms with Crippen LogP contribution in [0.1, 0.15) is 43.7 Å². The van der Waals surface area contributed by atoms with E-state index in [1.807, 2.05) is 6.92 Å². The predicted molar refractivity (Wildman–Crippen MR) is 80.7 cm³/mol. The number of hydrogen-bond donors (Lipinski definition) is 1. The highest BCUT2D eigenvalue weighted by atomic mass is 16.5. The molecule has 1 aliphatic rings. The topological polar surface area (TPSA) is 38.3 Å². The average Bonchev–Trinajstić information content (AvgIpc) is 2.85. The number of unbranched alkanes of at least 4 members (excludes halogenated alkanes) is 2. The van der Waals surface area contributed by atoms with Crippen LogP contribution in [-0.2, 0) is 22.4 Å². The summed E-state index contributed by atoms with van der Waals surface area (Å²) in [6, 6.07) is 9.30. The highest BCUT2D eigenvalue weighted by Crippen LogP contribution is 2.21. The fourth-order valence-electron chi connectivity index (χ4n) is 2.81. The maximum atomic E-state index is 11.2. The molecule has 1 aliphatic carbocycles. The molecule has 1 aromatic rings. The number of esters is 1. The number of benzene rings is 1. The van der Waals surface area contributed by atoms with Gasteiger partial charge in [-0.05, 0) is 50.3 Å². The zero-order valence-corrected chi connectivity index (χ0v) is 12.4. The van der Waals surface area contributed by atoms with Gasteiger partial charge in [0.2, 0.25) is 0 Å². The van der Waals surface area contributed by atoms with Crippen molar-refractivity contribution < 1.29 is 9.53 Å². The van der Waals surface area contributed by atoms with Crippen molar-refractivity contribution in [2.24, 2.45) is 0 Å². The molecular formula is C17H25NO2. The molecule has 0 fully saturated rings. The van der Waals surface area contributed by atoms with Crippen LogP contribution >= 0.6 is 0 Å². The minimum atomic E-state index is -0.0632. The first kappa shape index (κ1) is 15.0. The first-order valence-corrected chi connectivity index (χ1v) is 7.75. The van der Waals surface area contributed by atoms with E-state index in [4.69, 9.17) is 4.74 Å². The Labute approximate surface area is 121 Å². The van der Waals surface area contributed by atoms with Gasteiger partial charge >= 0.3 is 5.97 Å². The van der Waals surface area contributed by atoms with Crippen molar-refractivity contribution in [3.63, 3.8) is 0 Å². The molecule has 0 unspecified atom stereocenters. The van der Waals surface area contributed by atoms with Gasteiger partial charge in [-0.2, -0.15) is 0 Å². The number of carbonyl (C=O) groups is 1. The van der Waals surface area contributed by atoms with Crippen molar-refractivity contribution in [3.8, 4) is 0 Å². The van der Waals surface area contributed by atoms with Crippen LogP contribution in [0, 0.1) is 0 Å². The molecule has 0 amide bonds. The highest BCUT2D eigenvalue weighted by Gasteiger charge is 2.19. The molecule has 0 aliphatic heterocycles.